The Morgan fingerprint density at radius 3 is 2.87 bits per heavy atom. The fraction of sp³-hybridized carbons (Fsp3) is 0.375. The Balaban J connectivity index is 1.71. The van der Waals surface area contributed by atoms with E-state index in [-0.39, 0.29) is 6.10 Å². The summed E-state index contributed by atoms with van der Waals surface area (Å²) < 4.78 is 5.59. The van der Waals surface area contributed by atoms with Crippen molar-refractivity contribution in [1.29, 1.82) is 0 Å². The number of halogens is 2. The molecule has 0 radical (unpaired) electrons. The Morgan fingerprint density at radius 2 is 2.13 bits per heavy atom. The largest absolute Gasteiger partial charge is 0.376 e. The lowest BCUT2D eigenvalue weighted by Crippen LogP contribution is -2.20. The number of benzene rings is 1. The number of aryl methyl sites for hydroxylation is 1. The third kappa shape index (κ3) is 4.47. The summed E-state index contributed by atoms with van der Waals surface area (Å²) in [6, 6.07) is 7.15. The van der Waals surface area contributed by atoms with Crippen molar-refractivity contribution < 1.29 is 4.74 Å². The van der Waals surface area contributed by atoms with Gasteiger partial charge in [0, 0.05) is 29.9 Å². The molecule has 1 aliphatic rings. The molecule has 5 nitrogen and oxygen atoms in total. The average Bonchev–Trinajstić information content (AvgIpc) is 3.01. The van der Waals surface area contributed by atoms with E-state index in [4.69, 9.17) is 27.9 Å². The second-order valence-electron chi connectivity index (χ2n) is 5.48. The van der Waals surface area contributed by atoms with Gasteiger partial charge in [0.2, 0.25) is 5.95 Å². The van der Waals surface area contributed by atoms with Gasteiger partial charge in [-0.3, -0.25) is 0 Å². The molecule has 1 aliphatic heterocycles. The number of anilines is 3. The predicted molar refractivity (Wildman–Crippen MR) is 94.0 cm³/mol. The van der Waals surface area contributed by atoms with Gasteiger partial charge in [0.05, 0.1) is 16.8 Å². The van der Waals surface area contributed by atoms with E-state index in [1.54, 1.807) is 12.1 Å². The second kappa shape index (κ2) is 7.34. The Labute approximate surface area is 145 Å². The molecule has 2 heterocycles. The molecule has 1 fully saturated rings. The van der Waals surface area contributed by atoms with Crippen molar-refractivity contribution in [2.45, 2.75) is 25.9 Å². The lowest BCUT2D eigenvalue weighted by molar-refractivity contribution is 0.120. The summed E-state index contributed by atoms with van der Waals surface area (Å²) in [5.41, 5.74) is 1.61. The first-order chi connectivity index (χ1) is 11.1. The van der Waals surface area contributed by atoms with Gasteiger partial charge in [0.1, 0.15) is 5.82 Å². The highest BCUT2D eigenvalue weighted by Gasteiger charge is 2.15. The van der Waals surface area contributed by atoms with E-state index in [0.717, 1.165) is 30.8 Å². The van der Waals surface area contributed by atoms with Gasteiger partial charge < -0.3 is 15.4 Å². The Morgan fingerprint density at radius 1 is 1.26 bits per heavy atom. The maximum atomic E-state index is 6.18. The molecule has 0 bridgehead atoms. The molecule has 2 N–H and O–H groups in total. The zero-order valence-corrected chi connectivity index (χ0v) is 14.3. The topological polar surface area (TPSA) is 59.1 Å². The Hall–Kier alpha value is -1.56. The first-order valence-electron chi connectivity index (χ1n) is 7.53. The van der Waals surface area contributed by atoms with E-state index in [1.807, 2.05) is 19.1 Å². The number of rotatable bonds is 5. The molecule has 3 rings (SSSR count). The van der Waals surface area contributed by atoms with Crippen LogP contribution in [0.3, 0.4) is 0 Å². The summed E-state index contributed by atoms with van der Waals surface area (Å²) in [5.74, 6) is 1.25. The summed E-state index contributed by atoms with van der Waals surface area (Å²) in [5, 5.41) is 7.57. The molecule has 7 heteroatoms. The van der Waals surface area contributed by atoms with Crippen LogP contribution in [0.4, 0.5) is 17.5 Å². The molecule has 23 heavy (non-hydrogen) atoms. The van der Waals surface area contributed by atoms with E-state index >= 15 is 0 Å². The van der Waals surface area contributed by atoms with Crippen LogP contribution in [0.15, 0.2) is 24.3 Å². The summed E-state index contributed by atoms with van der Waals surface area (Å²) in [4.78, 5) is 8.87. The molecule has 1 saturated heterocycles. The number of hydrogen-bond acceptors (Lipinski definition) is 5. The van der Waals surface area contributed by atoms with Gasteiger partial charge in [-0.05, 0) is 38.0 Å². The van der Waals surface area contributed by atoms with Crippen LogP contribution in [0.1, 0.15) is 18.5 Å². The van der Waals surface area contributed by atoms with E-state index in [9.17, 15) is 0 Å². The van der Waals surface area contributed by atoms with E-state index < -0.39 is 0 Å². The third-order valence-corrected chi connectivity index (χ3v) is 4.11. The Bertz CT molecular complexity index is 690. The molecule has 1 aromatic carbocycles. The highest BCUT2D eigenvalue weighted by Crippen LogP contribution is 2.28. The standard InChI is InChI=1S/C16H18Cl2N4O/c1-10-7-15(21-14-5-4-11(17)8-13(14)18)22-16(20-10)19-9-12-3-2-6-23-12/h4-5,7-8,12H,2-3,6,9H2,1H3,(H2,19,20,21,22). The maximum absolute atomic E-state index is 6.18. The quantitative estimate of drug-likeness (QED) is 0.833. The van der Waals surface area contributed by atoms with Crippen LogP contribution in [-0.2, 0) is 4.74 Å². The van der Waals surface area contributed by atoms with Gasteiger partial charge in [-0.15, -0.1) is 0 Å². The van der Waals surface area contributed by atoms with Crippen molar-refractivity contribution in [3.8, 4) is 0 Å². The van der Waals surface area contributed by atoms with E-state index in [2.05, 4.69) is 20.6 Å². The minimum absolute atomic E-state index is 0.237. The van der Waals surface area contributed by atoms with Crippen molar-refractivity contribution in [2.75, 3.05) is 23.8 Å². The highest BCUT2D eigenvalue weighted by atomic mass is 35.5. The van der Waals surface area contributed by atoms with Gasteiger partial charge in [-0.2, -0.15) is 4.98 Å². The molecule has 1 unspecified atom stereocenters. The molecule has 0 aliphatic carbocycles. The molecular weight excluding hydrogens is 335 g/mol. The van der Waals surface area contributed by atoms with Crippen LogP contribution < -0.4 is 10.6 Å². The molecule has 0 saturated carbocycles. The van der Waals surface area contributed by atoms with Gasteiger partial charge in [0.25, 0.3) is 0 Å². The molecule has 2 aromatic rings. The first kappa shape index (κ1) is 16.3. The smallest absolute Gasteiger partial charge is 0.224 e. The van der Waals surface area contributed by atoms with Crippen LogP contribution in [-0.4, -0.2) is 29.2 Å². The number of nitrogens with one attached hydrogen (secondary N) is 2. The average molecular weight is 353 g/mol. The lowest BCUT2D eigenvalue weighted by atomic mass is 10.2. The van der Waals surface area contributed by atoms with Crippen LogP contribution >= 0.6 is 23.2 Å². The molecule has 0 amide bonds. The molecule has 1 aromatic heterocycles. The maximum Gasteiger partial charge on any atom is 0.224 e. The summed E-state index contributed by atoms with van der Waals surface area (Å²) in [7, 11) is 0. The van der Waals surface area contributed by atoms with Crippen LogP contribution in [0.5, 0.6) is 0 Å². The van der Waals surface area contributed by atoms with Gasteiger partial charge >= 0.3 is 0 Å². The van der Waals surface area contributed by atoms with Gasteiger partial charge in [0.15, 0.2) is 0 Å². The number of ether oxygens (including phenoxy) is 1. The number of aromatic nitrogens is 2. The van der Waals surface area contributed by atoms with Crippen molar-refractivity contribution in [3.05, 3.63) is 40.0 Å². The minimum Gasteiger partial charge on any atom is -0.376 e. The SMILES string of the molecule is Cc1cc(Nc2ccc(Cl)cc2Cl)nc(NCC2CCCO2)n1. The Kier molecular flexibility index (Phi) is 5.20. The number of hydrogen-bond donors (Lipinski definition) is 2. The first-order valence-corrected chi connectivity index (χ1v) is 8.29. The lowest BCUT2D eigenvalue weighted by Gasteiger charge is -2.13. The summed E-state index contributed by atoms with van der Waals surface area (Å²) in [6.07, 6.45) is 2.42. The van der Waals surface area contributed by atoms with Crippen LogP contribution in [0.2, 0.25) is 10.0 Å². The number of nitrogens with zero attached hydrogens (tertiary/aromatic N) is 2. The fourth-order valence-corrected chi connectivity index (χ4v) is 2.91. The van der Waals surface area contributed by atoms with Gasteiger partial charge in [-0.25, -0.2) is 4.98 Å². The van der Waals surface area contributed by atoms with Crippen LogP contribution in [0.25, 0.3) is 0 Å². The highest BCUT2D eigenvalue weighted by molar-refractivity contribution is 6.36. The zero-order valence-electron chi connectivity index (χ0n) is 12.8. The minimum atomic E-state index is 0.237. The van der Waals surface area contributed by atoms with Crippen molar-refractivity contribution in [1.82, 2.24) is 9.97 Å². The molecule has 1 atom stereocenters. The van der Waals surface area contributed by atoms with Crippen molar-refractivity contribution >= 4 is 40.7 Å². The fourth-order valence-electron chi connectivity index (χ4n) is 2.45. The predicted octanol–water partition coefficient (Wildman–Crippen LogP) is 4.43. The zero-order chi connectivity index (χ0) is 16.2. The van der Waals surface area contributed by atoms with Crippen LogP contribution in [0, 0.1) is 6.92 Å². The third-order valence-electron chi connectivity index (χ3n) is 3.56. The van der Waals surface area contributed by atoms with Crippen molar-refractivity contribution in [3.63, 3.8) is 0 Å². The monoisotopic (exact) mass is 352 g/mol. The van der Waals surface area contributed by atoms with Crippen molar-refractivity contribution in [2.24, 2.45) is 0 Å². The van der Waals surface area contributed by atoms with Gasteiger partial charge in [-0.1, -0.05) is 23.2 Å². The summed E-state index contributed by atoms with van der Waals surface area (Å²) in [6.45, 7) is 3.47. The normalized spacial score (nSPS) is 17.3. The second-order valence-corrected chi connectivity index (χ2v) is 6.33. The molecule has 0 spiro atoms. The molecule has 122 valence electrons. The van der Waals surface area contributed by atoms with E-state index in [1.165, 1.54) is 0 Å². The van der Waals surface area contributed by atoms with E-state index in [0.29, 0.717) is 28.4 Å². The summed E-state index contributed by atoms with van der Waals surface area (Å²) >= 11 is 12.1. The molecular formula is C16H18Cl2N4O.